The summed E-state index contributed by atoms with van der Waals surface area (Å²) in [6, 6.07) is 19.7. The van der Waals surface area contributed by atoms with E-state index in [9.17, 15) is 4.79 Å². The van der Waals surface area contributed by atoms with Gasteiger partial charge in [-0.1, -0.05) is 42.5 Å². The van der Waals surface area contributed by atoms with Crippen molar-refractivity contribution in [3.8, 4) is 0 Å². The van der Waals surface area contributed by atoms with E-state index in [1.54, 1.807) is 0 Å². The number of carbonyl (C=O) groups excluding carboxylic acids is 1. The molecule has 2 heterocycles. The van der Waals surface area contributed by atoms with E-state index in [4.69, 9.17) is 0 Å². The van der Waals surface area contributed by atoms with Crippen molar-refractivity contribution in [3.05, 3.63) is 101 Å². The van der Waals surface area contributed by atoms with Crippen LogP contribution in [-0.4, -0.2) is 15.8 Å². The zero-order chi connectivity index (χ0) is 17.4. The second kappa shape index (κ2) is 6.10. The lowest BCUT2D eigenvalue weighted by Crippen LogP contribution is -2.33. The Kier molecular flexibility index (Phi) is 3.77. The topological polar surface area (TPSA) is 36.1 Å². The maximum Gasteiger partial charge on any atom is 0.258 e. The number of hydrogen-bond donors (Lipinski definition) is 1. The summed E-state index contributed by atoms with van der Waals surface area (Å²) in [6.07, 6.45) is 3.92. The van der Waals surface area contributed by atoms with Gasteiger partial charge in [-0.3, -0.25) is 4.79 Å². The van der Waals surface area contributed by atoms with Gasteiger partial charge in [0.2, 0.25) is 0 Å². The van der Waals surface area contributed by atoms with Crippen molar-refractivity contribution in [3.63, 3.8) is 0 Å². The number of nitrogens with zero attached hydrogens (tertiary/aromatic N) is 1. The van der Waals surface area contributed by atoms with E-state index >= 15 is 0 Å². The lowest BCUT2D eigenvalue weighted by molar-refractivity contribution is 0.0787. The third kappa shape index (κ3) is 2.68. The maximum atomic E-state index is 13.2. The Labute approximate surface area is 147 Å². The molecule has 25 heavy (non-hydrogen) atoms. The van der Waals surface area contributed by atoms with E-state index in [0.29, 0.717) is 5.56 Å². The van der Waals surface area contributed by atoms with Gasteiger partial charge in [-0.15, -0.1) is 0 Å². The number of benzene rings is 2. The Hall–Kier alpha value is -3.07. The van der Waals surface area contributed by atoms with E-state index in [2.05, 4.69) is 30.1 Å². The van der Waals surface area contributed by atoms with Gasteiger partial charge >= 0.3 is 0 Å². The molecule has 0 spiro atoms. The number of hydrogen-bond acceptors (Lipinski definition) is 1. The van der Waals surface area contributed by atoms with Crippen molar-refractivity contribution in [1.29, 1.82) is 0 Å². The van der Waals surface area contributed by atoms with Gasteiger partial charge in [-0.05, 0) is 49.2 Å². The third-order valence-electron chi connectivity index (χ3n) is 4.72. The SMILES string of the molecule is Cc1cc(C2c3ccccc3C=CN2C(=O)c2ccccc2)c(C)[nH]1. The molecule has 1 aliphatic rings. The molecule has 124 valence electrons. The minimum Gasteiger partial charge on any atom is -0.362 e. The Morgan fingerprint density at radius 1 is 0.960 bits per heavy atom. The molecule has 3 heteroatoms. The zero-order valence-electron chi connectivity index (χ0n) is 14.4. The summed E-state index contributed by atoms with van der Waals surface area (Å²) in [5.41, 5.74) is 6.34. The molecule has 0 saturated carbocycles. The van der Waals surface area contributed by atoms with Crippen LogP contribution in [0.4, 0.5) is 0 Å². The number of aryl methyl sites for hydroxylation is 2. The van der Waals surface area contributed by atoms with Crippen LogP contribution in [0, 0.1) is 13.8 Å². The van der Waals surface area contributed by atoms with Gasteiger partial charge in [0.25, 0.3) is 5.91 Å². The average molecular weight is 328 g/mol. The van der Waals surface area contributed by atoms with Crippen molar-refractivity contribution in [1.82, 2.24) is 9.88 Å². The normalized spacial score (nSPS) is 15.9. The fourth-order valence-corrected chi connectivity index (χ4v) is 3.57. The third-order valence-corrected chi connectivity index (χ3v) is 4.72. The molecule has 1 atom stereocenters. The standard InChI is InChI=1S/C22H20N2O/c1-15-14-20(16(2)23-15)21-19-11-7-6-8-17(19)12-13-24(21)22(25)18-9-4-3-5-10-18/h3-14,21,23H,1-2H3. The van der Waals surface area contributed by atoms with Crippen molar-refractivity contribution in [2.24, 2.45) is 0 Å². The molecule has 1 aliphatic heterocycles. The summed E-state index contributed by atoms with van der Waals surface area (Å²) in [4.78, 5) is 18.4. The Morgan fingerprint density at radius 2 is 1.68 bits per heavy atom. The highest BCUT2D eigenvalue weighted by atomic mass is 16.2. The summed E-state index contributed by atoms with van der Waals surface area (Å²) >= 11 is 0. The first-order valence-corrected chi connectivity index (χ1v) is 8.46. The lowest BCUT2D eigenvalue weighted by Gasteiger charge is -2.33. The molecular weight excluding hydrogens is 308 g/mol. The van der Waals surface area contributed by atoms with Crippen LogP contribution in [0.25, 0.3) is 6.08 Å². The second-order valence-corrected chi connectivity index (χ2v) is 6.46. The van der Waals surface area contributed by atoms with Crippen LogP contribution in [0.1, 0.15) is 44.5 Å². The molecular formula is C22H20N2O. The molecule has 1 N–H and O–H groups in total. The van der Waals surface area contributed by atoms with E-state index < -0.39 is 0 Å². The highest BCUT2D eigenvalue weighted by molar-refractivity contribution is 5.96. The second-order valence-electron chi connectivity index (χ2n) is 6.46. The van der Waals surface area contributed by atoms with Crippen LogP contribution >= 0.6 is 0 Å². The maximum absolute atomic E-state index is 13.2. The number of H-pyrrole nitrogens is 1. The van der Waals surface area contributed by atoms with Crippen LogP contribution in [0.2, 0.25) is 0 Å². The van der Waals surface area contributed by atoms with E-state index in [0.717, 1.165) is 28.1 Å². The minimum absolute atomic E-state index is 0.00889. The molecule has 0 aliphatic carbocycles. The molecule has 1 aromatic heterocycles. The molecule has 1 unspecified atom stereocenters. The van der Waals surface area contributed by atoms with Gasteiger partial charge in [-0.25, -0.2) is 0 Å². The van der Waals surface area contributed by atoms with Crippen molar-refractivity contribution >= 4 is 12.0 Å². The Balaban J connectivity index is 1.86. The smallest absolute Gasteiger partial charge is 0.258 e. The zero-order valence-corrected chi connectivity index (χ0v) is 14.4. The number of aromatic amines is 1. The number of rotatable bonds is 2. The fourth-order valence-electron chi connectivity index (χ4n) is 3.57. The van der Waals surface area contributed by atoms with Crippen LogP contribution < -0.4 is 0 Å². The molecule has 0 saturated heterocycles. The summed E-state index contributed by atoms with van der Waals surface area (Å²) in [7, 11) is 0. The average Bonchev–Trinajstić information content (AvgIpc) is 2.98. The first-order valence-electron chi connectivity index (χ1n) is 8.46. The molecule has 0 fully saturated rings. The predicted molar refractivity (Wildman–Crippen MR) is 100 cm³/mol. The molecule has 2 aromatic carbocycles. The van der Waals surface area contributed by atoms with Gasteiger partial charge in [0, 0.05) is 28.7 Å². The monoisotopic (exact) mass is 328 g/mol. The molecule has 1 amide bonds. The number of aromatic nitrogens is 1. The van der Waals surface area contributed by atoms with Crippen LogP contribution in [0.15, 0.2) is 66.9 Å². The highest BCUT2D eigenvalue weighted by Gasteiger charge is 2.31. The van der Waals surface area contributed by atoms with E-state index in [-0.39, 0.29) is 11.9 Å². The summed E-state index contributed by atoms with van der Waals surface area (Å²) in [6.45, 7) is 4.11. The van der Waals surface area contributed by atoms with Crippen molar-refractivity contribution < 1.29 is 4.79 Å². The van der Waals surface area contributed by atoms with Crippen LogP contribution in [0.3, 0.4) is 0 Å². The molecule has 3 nitrogen and oxygen atoms in total. The fraction of sp³-hybridized carbons (Fsp3) is 0.136. The number of carbonyl (C=O) groups is 1. The minimum atomic E-state index is -0.126. The lowest BCUT2D eigenvalue weighted by atomic mass is 9.90. The summed E-state index contributed by atoms with van der Waals surface area (Å²) in [5, 5.41) is 0. The van der Waals surface area contributed by atoms with E-state index in [1.165, 1.54) is 0 Å². The molecule has 0 radical (unpaired) electrons. The molecule has 3 aromatic rings. The summed E-state index contributed by atoms with van der Waals surface area (Å²) < 4.78 is 0. The number of nitrogens with one attached hydrogen (secondary N) is 1. The van der Waals surface area contributed by atoms with Gasteiger partial charge in [0.15, 0.2) is 0 Å². The van der Waals surface area contributed by atoms with Gasteiger partial charge in [-0.2, -0.15) is 0 Å². The van der Waals surface area contributed by atoms with E-state index in [1.807, 2.05) is 66.6 Å². The largest absolute Gasteiger partial charge is 0.362 e. The van der Waals surface area contributed by atoms with Crippen LogP contribution in [0.5, 0.6) is 0 Å². The quantitative estimate of drug-likeness (QED) is 0.717. The highest BCUT2D eigenvalue weighted by Crippen LogP contribution is 2.38. The first kappa shape index (κ1) is 15.5. The Morgan fingerprint density at radius 3 is 2.40 bits per heavy atom. The van der Waals surface area contributed by atoms with Gasteiger partial charge in [0.1, 0.15) is 0 Å². The summed E-state index contributed by atoms with van der Waals surface area (Å²) in [5.74, 6) is 0.00889. The molecule has 4 rings (SSSR count). The predicted octanol–water partition coefficient (Wildman–Crippen LogP) is 4.85. The van der Waals surface area contributed by atoms with Gasteiger partial charge < -0.3 is 9.88 Å². The van der Waals surface area contributed by atoms with Crippen molar-refractivity contribution in [2.75, 3.05) is 0 Å². The van der Waals surface area contributed by atoms with Gasteiger partial charge in [0.05, 0.1) is 6.04 Å². The Bertz CT molecular complexity index is 953. The first-order chi connectivity index (χ1) is 12.1. The van der Waals surface area contributed by atoms with Crippen molar-refractivity contribution in [2.45, 2.75) is 19.9 Å². The number of fused-ring (bicyclic) bond motifs is 1. The van der Waals surface area contributed by atoms with Crippen LogP contribution in [-0.2, 0) is 0 Å². The molecule has 0 bridgehead atoms. The number of amides is 1.